The highest BCUT2D eigenvalue weighted by molar-refractivity contribution is 7.18. The molecule has 2 heterocycles. The minimum atomic E-state index is 0.338. The summed E-state index contributed by atoms with van der Waals surface area (Å²) in [7, 11) is 2.02. The van der Waals surface area contributed by atoms with Crippen LogP contribution in [0.5, 0.6) is 0 Å². The maximum atomic E-state index is 12.7. The van der Waals surface area contributed by atoms with Gasteiger partial charge in [-0.15, -0.1) is 11.3 Å². The van der Waals surface area contributed by atoms with Crippen LogP contribution in [-0.2, 0) is 4.79 Å². The van der Waals surface area contributed by atoms with Crippen molar-refractivity contribution in [2.24, 2.45) is 0 Å². The summed E-state index contributed by atoms with van der Waals surface area (Å²) in [6, 6.07) is 8.90. The van der Waals surface area contributed by atoms with Gasteiger partial charge >= 0.3 is 0 Å². The van der Waals surface area contributed by atoms with Crippen LogP contribution in [0.15, 0.2) is 24.3 Å². The molecule has 1 N–H and O–H groups in total. The molecule has 2 aromatic rings. The van der Waals surface area contributed by atoms with Gasteiger partial charge in [-0.05, 0) is 25.0 Å². The van der Waals surface area contributed by atoms with Crippen molar-refractivity contribution < 1.29 is 9.69 Å². The third-order valence-electron chi connectivity index (χ3n) is 6.27. The van der Waals surface area contributed by atoms with Crippen LogP contribution in [0.4, 0.5) is 0 Å². The summed E-state index contributed by atoms with van der Waals surface area (Å²) in [5.41, 5.74) is 1.13. The molecule has 0 radical (unpaired) electrons. The van der Waals surface area contributed by atoms with Crippen LogP contribution < -0.4 is 4.90 Å². The SMILES string of the molecule is CN(C(=O)C[NH+]1CCC(c2nc3ccccc3s2)CC1)C1CCCCC1. The predicted octanol–water partition coefficient (Wildman–Crippen LogP) is 2.85. The zero-order valence-corrected chi connectivity index (χ0v) is 16.6. The third kappa shape index (κ3) is 3.94. The highest BCUT2D eigenvalue weighted by Crippen LogP contribution is 2.31. The first-order valence-electron chi connectivity index (χ1n) is 10.2. The Kier molecular flexibility index (Phi) is 5.55. The Labute approximate surface area is 160 Å². The van der Waals surface area contributed by atoms with Gasteiger partial charge in [0.1, 0.15) is 0 Å². The standard InChI is InChI=1S/C21H29N3OS/c1-23(17-7-3-2-4-8-17)20(25)15-24-13-11-16(12-14-24)21-22-18-9-5-6-10-19(18)26-21/h5-6,9-10,16-17H,2-4,7-8,11-15H2,1H3/p+1. The molecule has 1 amide bonds. The maximum Gasteiger partial charge on any atom is 0.277 e. The topological polar surface area (TPSA) is 37.6 Å². The van der Waals surface area contributed by atoms with Crippen LogP contribution in [0.2, 0.25) is 0 Å². The summed E-state index contributed by atoms with van der Waals surface area (Å²) in [5.74, 6) is 0.910. The maximum absolute atomic E-state index is 12.7. The molecule has 5 heteroatoms. The summed E-state index contributed by atoms with van der Waals surface area (Å²) in [5, 5.41) is 1.29. The highest BCUT2D eigenvalue weighted by Gasteiger charge is 2.29. The van der Waals surface area contributed by atoms with Crippen molar-refractivity contribution in [3.63, 3.8) is 0 Å². The lowest BCUT2D eigenvalue weighted by atomic mass is 9.94. The smallest absolute Gasteiger partial charge is 0.277 e. The van der Waals surface area contributed by atoms with Crippen LogP contribution in [0.3, 0.4) is 0 Å². The Morgan fingerprint density at radius 3 is 2.62 bits per heavy atom. The molecular weight excluding hydrogens is 342 g/mol. The molecule has 1 aliphatic carbocycles. The van der Waals surface area contributed by atoms with Gasteiger partial charge < -0.3 is 9.80 Å². The number of piperidine rings is 1. The van der Waals surface area contributed by atoms with Crippen LogP contribution >= 0.6 is 11.3 Å². The molecule has 1 aromatic carbocycles. The molecule has 0 spiro atoms. The van der Waals surface area contributed by atoms with Gasteiger partial charge in [0.2, 0.25) is 0 Å². The molecule has 2 fully saturated rings. The average molecular weight is 373 g/mol. The fourth-order valence-corrected chi connectivity index (χ4v) is 5.66. The summed E-state index contributed by atoms with van der Waals surface area (Å²) in [4.78, 5) is 21.0. The number of quaternary nitrogens is 1. The van der Waals surface area contributed by atoms with Gasteiger partial charge in [-0.25, -0.2) is 4.98 Å². The highest BCUT2D eigenvalue weighted by atomic mass is 32.1. The van der Waals surface area contributed by atoms with Gasteiger partial charge in [-0.1, -0.05) is 31.4 Å². The van der Waals surface area contributed by atoms with Gasteiger partial charge in [0.15, 0.2) is 6.54 Å². The molecule has 1 saturated carbocycles. The van der Waals surface area contributed by atoms with Crippen molar-refractivity contribution in [2.75, 3.05) is 26.7 Å². The summed E-state index contributed by atoms with van der Waals surface area (Å²) >= 11 is 1.85. The van der Waals surface area contributed by atoms with Crippen molar-refractivity contribution in [3.05, 3.63) is 29.3 Å². The van der Waals surface area contributed by atoms with Gasteiger partial charge in [0.05, 0.1) is 28.3 Å². The number of fused-ring (bicyclic) bond motifs is 1. The first-order valence-corrected chi connectivity index (χ1v) is 11.0. The van der Waals surface area contributed by atoms with Crippen molar-refractivity contribution >= 4 is 27.5 Å². The van der Waals surface area contributed by atoms with Crippen LogP contribution in [0, 0.1) is 0 Å². The number of nitrogens with zero attached hydrogens (tertiary/aromatic N) is 2. The molecule has 2 aliphatic rings. The third-order valence-corrected chi connectivity index (χ3v) is 7.47. The predicted molar refractivity (Wildman–Crippen MR) is 107 cm³/mol. The van der Waals surface area contributed by atoms with E-state index in [1.54, 1.807) is 0 Å². The normalized spacial score (nSPS) is 24.7. The lowest BCUT2D eigenvalue weighted by Gasteiger charge is -2.33. The van der Waals surface area contributed by atoms with E-state index in [0.29, 0.717) is 24.4 Å². The van der Waals surface area contributed by atoms with Crippen molar-refractivity contribution in [2.45, 2.75) is 56.9 Å². The number of carbonyl (C=O) groups excluding carboxylic acids is 1. The van der Waals surface area contributed by atoms with Gasteiger partial charge in [0, 0.05) is 31.8 Å². The van der Waals surface area contributed by atoms with E-state index in [4.69, 9.17) is 4.98 Å². The molecule has 1 aliphatic heterocycles. The van der Waals surface area contributed by atoms with Gasteiger partial charge in [-0.2, -0.15) is 0 Å². The molecule has 0 atom stereocenters. The first kappa shape index (κ1) is 17.9. The van der Waals surface area contributed by atoms with Crippen LogP contribution in [0.25, 0.3) is 10.2 Å². The number of benzene rings is 1. The molecular formula is C21H30N3OS+. The van der Waals surface area contributed by atoms with Crippen LogP contribution in [-0.4, -0.2) is 48.5 Å². The second-order valence-corrected chi connectivity index (χ2v) is 9.08. The zero-order valence-electron chi connectivity index (χ0n) is 15.7. The number of thiazole rings is 1. The van der Waals surface area contributed by atoms with Crippen molar-refractivity contribution in [1.29, 1.82) is 0 Å². The fraction of sp³-hybridized carbons (Fsp3) is 0.619. The minimum Gasteiger partial charge on any atom is -0.338 e. The Balaban J connectivity index is 1.29. The summed E-state index contributed by atoms with van der Waals surface area (Å²) < 4.78 is 1.29. The van der Waals surface area contributed by atoms with Crippen molar-refractivity contribution in [1.82, 2.24) is 9.88 Å². The Hall–Kier alpha value is -1.46. The number of para-hydroxylation sites is 1. The molecule has 140 valence electrons. The second kappa shape index (κ2) is 8.05. The second-order valence-electron chi connectivity index (χ2n) is 8.02. The number of likely N-dealkylation sites (N-methyl/N-ethyl adjacent to an activating group) is 1. The number of hydrogen-bond donors (Lipinski definition) is 1. The molecule has 4 rings (SSSR count). The average Bonchev–Trinajstić information content (AvgIpc) is 3.13. The lowest BCUT2D eigenvalue weighted by Crippen LogP contribution is -3.14. The van der Waals surface area contributed by atoms with Crippen molar-refractivity contribution in [3.8, 4) is 0 Å². The number of likely N-dealkylation sites (tertiary alicyclic amines) is 1. The number of aromatic nitrogens is 1. The quantitative estimate of drug-likeness (QED) is 0.896. The molecule has 1 saturated heterocycles. The Morgan fingerprint density at radius 1 is 1.15 bits per heavy atom. The number of amides is 1. The summed E-state index contributed by atoms with van der Waals surface area (Å²) in [6.45, 7) is 2.84. The van der Waals surface area contributed by atoms with E-state index >= 15 is 0 Å². The van der Waals surface area contributed by atoms with E-state index in [2.05, 4.69) is 24.3 Å². The van der Waals surface area contributed by atoms with E-state index in [0.717, 1.165) is 31.4 Å². The van der Waals surface area contributed by atoms with E-state index in [1.165, 1.54) is 46.7 Å². The molecule has 1 aromatic heterocycles. The lowest BCUT2D eigenvalue weighted by molar-refractivity contribution is -0.897. The van der Waals surface area contributed by atoms with E-state index in [-0.39, 0.29) is 0 Å². The number of rotatable bonds is 4. The molecule has 26 heavy (non-hydrogen) atoms. The number of nitrogens with one attached hydrogen (secondary N) is 1. The largest absolute Gasteiger partial charge is 0.338 e. The van der Waals surface area contributed by atoms with Crippen LogP contribution in [0.1, 0.15) is 55.9 Å². The fourth-order valence-electron chi connectivity index (χ4n) is 4.52. The van der Waals surface area contributed by atoms with Gasteiger partial charge in [-0.3, -0.25) is 4.79 Å². The Bertz CT molecular complexity index is 712. The zero-order chi connectivity index (χ0) is 17.9. The van der Waals surface area contributed by atoms with E-state index < -0.39 is 0 Å². The van der Waals surface area contributed by atoms with E-state index in [9.17, 15) is 4.79 Å². The summed E-state index contributed by atoms with van der Waals surface area (Å²) in [6.07, 6.45) is 8.58. The molecule has 0 bridgehead atoms. The Morgan fingerprint density at radius 2 is 1.88 bits per heavy atom. The van der Waals surface area contributed by atoms with E-state index in [1.807, 2.05) is 23.3 Å². The number of carbonyl (C=O) groups is 1. The van der Waals surface area contributed by atoms with Gasteiger partial charge in [0.25, 0.3) is 5.91 Å². The minimum absolute atomic E-state index is 0.338. The monoisotopic (exact) mass is 372 g/mol. The molecule has 0 unspecified atom stereocenters. The molecule has 4 nitrogen and oxygen atoms in total. The first-order chi connectivity index (χ1) is 12.7. The number of hydrogen-bond acceptors (Lipinski definition) is 3.